The summed E-state index contributed by atoms with van der Waals surface area (Å²) in [6, 6.07) is 2.10. The van der Waals surface area contributed by atoms with Gasteiger partial charge in [-0.15, -0.1) is 0 Å². The minimum Gasteiger partial charge on any atom is -0.444 e. The van der Waals surface area contributed by atoms with Crippen molar-refractivity contribution in [1.82, 2.24) is 15.5 Å². The third kappa shape index (κ3) is 7.23. The first-order valence-corrected chi connectivity index (χ1v) is 10.3. The molecule has 0 atom stereocenters. The number of hydrogen-bond acceptors (Lipinski definition) is 4. The Morgan fingerprint density at radius 2 is 2.08 bits per heavy atom. The van der Waals surface area contributed by atoms with Crippen molar-refractivity contribution in [3.05, 3.63) is 22.4 Å². The number of piperidine rings is 1. The van der Waals surface area contributed by atoms with Gasteiger partial charge in [-0.2, -0.15) is 11.3 Å². The van der Waals surface area contributed by atoms with E-state index in [-0.39, 0.29) is 6.09 Å². The van der Waals surface area contributed by atoms with Gasteiger partial charge in [-0.05, 0) is 68.8 Å². The quantitative estimate of drug-likeness (QED) is 0.606. The number of ether oxygens (including phenoxy) is 1. The Labute approximate surface area is 161 Å². The van der Waals surface area contributed by atoms with E-state index in [9.17, 15) is 4.79 Å². The van der Waals surface area contributed by atoms with E-state index >= 15 is 0 Å². The second-order valence-electron chi connectivity index (χ2n) is 7.62. The molecule has 0 spiro atoms. The molecule has 146 valence electrons. The summed E-state index contributed by atoms with van der Waals surface area (Å²) in [7, 11) is 0. The van der Waals surface area contributed by atoms with E-state index < -0.39 is 5.60 Å². The summed E-state index contributed by atoms with van der Waals surface area (Å²) in [5.74, 6) is 1.40. The Morgan fingerprint density at radius 1 is 1.35 bits per heavy atom. The smallest absolute Gasteiger partial charge is 0.410 e. The maximum atomic E-state index is 12.1. The van der Waals surface area contributed by atoms with Gasteiger partial charge in [0.2, 0.25) is 0 Å². The molecule has 1 aromatic rings. The molecule has 0 aliphatic carbocycles. The fourth-order valence-corrected chi connectivity index (χ4v) is 3.44. The monoisotopic (exact) mass is 380 g/mol. The molecule has 0 bridgehead atoms. The van der Waals surface area contributed by atoms with Crippen LogP contribution in [0.5, 0.6) is 0 Å². The molecule has 1 aliphatic rings. The first-order chi connectivity index (χ1) is 12.4. The SMILES string of the molecule is CCNC(=NCc1ccsc1)NCC1CCN(C(=O)OC(C)(C)C)CC1. The molecule has 2 N–H and O–H groups in total. The van der Waals surface area contributed by atoms with Gasteiger partial charge in [0.1, 0.15) is 5.60 Å². The molecule has 1 saturated heterocycles. The first kappa shape index (κ1) is 20.6. The van der Waals surface area contributed by atoms with E-state index in [4.69, 9.17) is 4.74 Å². The number of carbonyl (C=O) groups excluding carboxylic acids is 1. The van der Waals surface area contributed by atoms with Crippen LogP contribution in [0, 0.1) is 5.92 Å². The number of thiophene rings is 1. The lowest BCUT2D eigenvalue weighted by atomic mass is 9.97. The highest BCUT2D eigenvalue weighted by Gasteiger charge is 2.26. The number of aliphatic imine (C=N–C) groups is 1. The van der Waals surface area contributed by atoms with Crippen LogP contribution in [0.25, 0.3) is 0 Å². The number of hydrogen-bond donors (Lipinski definition) is 2. The topological polar surface area (TPSA) is 66.0 Å². The van der Waals surface area contributed by atoms with Crippen LogP contribution in [-0.4, -0.2) is 48.7 Å². The highest BCUT2D eigenvalue weighted by atomic mass is 32.1. The number of guanidine groups is 1. The van der Waals surface area contributed by atoms with Crippen molar-refractivity contribution in [3.8, 4) is 0 Å². The second kappa shape index (κ2) is 9.80. The summed E-state index contributed by atoms with van der Waals surface area (Å²) in [4.78, 5) is 18.6. The van der Waals surface area contributed by atoms with Crippen LogP contribution in [-0.2, 0) is 11.3 Å². The molecular weight excluding hydrogens is 348 g/mol. The zero-order chi connectivity index (χ0) is 19.0. The maximum absolute atomic E-state index is 12.1. The Kier molecular flexibility index (Phi) is 7.75. The van der Waals surface area contributed by atoms with Crippen LogP contribution in [0.1, 0.15) is 46.1 Å². The fraction of sp³-hybridized carbons (Fsp3) is 0.684. The Bertz CT molecular complexity index is 573. The normalized spacial score (nSPS) is 16.5. The molecule has 1 aliphatic heterocycles. The van der Waals surface area contributed by atoms with Crippen LogP contribution in [0.2, 0.25) is 0 Å². The third-order valence-corrected chi connectivity index (χ3v) is 4.90. The lowest BCUT2D eigenvalue weighted by molar-refractivity contribution is 0.0185. The number of carbonyl (C=O) groups is 1. The van der Waals surface area contributed by atoms with Gasteiger partial charge in [0.15, 0.2) is 5.96 Å². The molecule has 2 rings (SSSR count). The summed E-state index contributed by atoms with van der Waals surface area (Å²) in [6.45, 7) is 11.7. The van der Waals surface area contributed by atoms with Gasteiger partial charge in [-0.3, -0.25) is 0 Å². The van der Waals surface area contributed by atoms with Gasteiger partial charge < -0.3 is 20.3 Å². The van der Waals surface area contributed by atoms with Crippen molar-refractivity contribution in [2.24, 2.45) is 10.9 Å². The molecule has 0 saturated carbocycles. The molecule has 1 amide bonds. The first-order valence-electron chi connectivity index (χ1n) is 9.38. The molecule has 2 heterocycles. The van der Waals surface area contributed by atoms with E-state index in [0.29, 0.717) is 12.5 Å². The van der Waals surface area contributed by atoms with Crippen molar-refractivity contribution >= 4 is 23.4 Å². The number of rotatable bonds is 5. The summed E-state index contributed by atoms with van der Waals surface area (Å²) >= 11 is 1.69. The van der Waals surface area contributed by atoms with Crippen LogP contribution in [0.4, 0.5) is 4.79 Å². The van der Waals surface area contributed by atoms with E-state index in [2.05, 4.69) is 39.4 Å². The van der Waals surface area contributed by atoms with Crippen molar-refractivity contribution < 1.29 is 9.53 Å². The highest BCUT2D eigenvalue weighted by Crippen LogP contribution is 2.19. The van der Waals surface area contributed by atoms with E-state index in [1.807, 2.05) is 25.7 Å². The highest BCUT2D eigenvalue weighted by molar-refractivity contribution is 7.07. The Balaban J connectivity index is 1.75. The number of nitrogens with one attached hydrogen (secondary N) is 2. The molecule has 7 heteroatoms. The third-order valence-electron chi connectivity index (χ3n) is 4.17. The van der Waals surface area contributed by atoms with Gasteiger partial charge in [0.25, 0.3) is 0 Å². The molecule has 1 fully saturated rings. The lowest BCUT2D eigenvalue weighted by Gasteiger charge is -2.33. The predicted octanol–water partition coefficient (Wildman–Crippen LogP) is 3.45. The van der Waals surface area contributed by atoms with Gasteiger partial charge in [-0.25, -0.2) is 9.79 Å². The van der Waals surface area contributed by atoms with Crippen molar-refractivity contribution in [1.29, 1.82) is 0 Å². The van der Waals surface area contributed by atoms with E-state index in [1.54, 1.807) is 11.3 Å². The van der Waals surface area contributed by atoms with Crippen LogP contribution in [0.15, 0.2) is 21.8 Å². The number of amides is 1. The Morgan fingerprint density at radius 3 is 2.65 bits per heavy atom. The summed E-state index contributed by atoms with van der Waals surface area (Å²) < 4.78 is 5.45. The molecule has 0 unspecified atom stereocenters. The number of likely N-dealkylation sites (tertiary alicyclic amines) is 1. The lowest BCUT2D eigenvalue weighted by Crippen LogP contribution is -2.45. The fourth-order valence-electron chi connectivity index (χ4n) is 2.78. The van der Waals surface area contributed by atoms with Crippen LogP contribution in [0.3, 0.4) is 0 Å². The summed E-state index contributed by atoms with van der Waals surface area (Å²) in [5.41, 5.74) is 0.799. The molecule has 0 aromatic carbocycles. The molecular formula is C19H32N4O2S. The standard InChI is InChI=1S/C19H32N4O2S/c1-5-20-17(22-13-16-8-11-26-14-16)21-12-15-6-9-23(10-7-15)18(24)25-19(2,3)4/h8,11,14-15H,5-7,9-10,12-13H2,1-4H3,(H2,20,21,22). The van der Waals surface area contributed by atoms with Crippen molar-refractivity contribution in [3.63, 3.8) is 0 Å². The average Bonchev–Trinajstić information content (AvgIpc) is 3.10. The minimum atomic E-state index is -0.435. The minimum absolute atomic E-state index is 0.199. The van der Waals surface area contributed by atoms with Crippen LogP contribution >= 0.6 is 11.3 Å². The zero-order valence-corrected chi connectivity index (χ0v) is 17.2. The van der Waals surface area contributed by atoms with Gasteiger partial charge in [0.05, 0.1) is 6.54 Å². The molecule has 1 aromatic heterocycles. The van der Waals surface area contributed by atoms with Gasteiger partial charge in [0, 0.05) is 26.2 Å². The van der Waals surface area contributed by atoms with E-state index in [0.717, 1.165) is 45.0 Å². The van der Waals surface area contributed by atoms with Crippen molar-refractivity contribution in [2.45, 2.75) is 52.7 Å². The molecule has 26 heavy (non-hydrogen) atoms. The zero-order valence-electron chi connectivity index (χ0n) is 16.4. The maximum Gasteiger partial charge on any atom is 0.410 e. The molecule has 6 nitrogen and oxygen atoms in total. The van der Waals surface area contributed by atoms with Gasteiger partial charge >= 0.3 is 6.09 Å². The largest absolute Gasteiger partial charge is 0.444 e. The second-order valence-corrected chi connectivity index (χ2v) is 8.40. The summed E-state index contributed by atoms with van der Waals surface area (Å²) in [5, 5.41) is 10.9. The number of nitrogens with zero attached hydrogens (tertiary/aromatic N) is 2. The average molecular weight is 381 g/mol. The van der Waals surface area contributed by atoms with Crippen molar-refractivity contribution in [2.75, 3.05) is 26.2 Å². The predicted molar refractivity (Wildman–Crippen MR) is 108 cm³/mol. The van der Waals surface area contributed by atoms with Gasteiger partial charge in [-0.1, -0.05) is 0 Å². The Hall–Kier alpha value is -1.76. The molecule has 0 radical (unpaired) electrons. The van der Waals surface area contributed by atoms with E-state index in [1.165, 1.54) is 5.56 Å². The summed E-state index contributed by atoms with van der Waals surface area (Å²) in [6.07, 6.45) is 1.77. The van der Waals surface area contributed by atoms with Crippen LogP contribution < -0.4 is 10.6 Å².